The number of pyridine rings is 1. The number of anilines is 1. The van der Waals surface area contributed by atoms with Crippen molar-refractivity contribution in [3.63, 3.8) is 0 Å². The molecule has 31 heavy (non-hydrogen) atoms. The largest absolute Gasteiger partial charge is 0.497 e. The third-order valence-electron chi connectivity index (χ3n) is 5.58. The lowest BCUT2D eigenvalue weighted by molar-refractivity contribution is -0.117. The van der Waals surface area contributed by atoms with Crippen molar-refractivity contribution in [1.82, 2.24) is 9.88 Å². The Hall–Kier alpha value is -3.25. The number of nitrogens with one attached hydrogen (secondary N) is 1. The Morgan fingerprint density at radius 3 is 2.71 bits per heavy atom. The standard InChI is InChI=1S/C25H26FN3O2/c1-31-21-13-11-19(12-14-21)28-25(30)17-29-15-5-10-24(29)23-9-4-7-20(27-23)16-18-6-2-3-8-22(18)26/h2-4,6-9,11-14,24H,5,10,15-17H2,1H3,(H,28,30)/t24-/m0/s1. The summed E-state index contributed by atoms with van der Waals surface area (Å²) in [4.78, 5) is 19.6. The van der Waals surface area contributed by atoms with Gasteiger partial charge in [-0.3, -0.25) is 14.7 Å². The SMILES string of the molecule is COc1ccc(NC(=O)CN2CCC[C@H]2c2cccc(Cc3ccccc3F)n2)cc1. The number of aromatic nitrogens is 1. The highest BCUT2D eigenvalue weighted by Crippen LogP contribution is 2.31. The molecule has 0 unspecified atom stereocenters. The van der Waals surface area contributed by atoms with Crippen LogP contribution in [0.4, 0.5) is 10.1 Å². The van der Waals surface area contributed by atoms with E-state index in [4.69, 9.17) is 9.72 Å². The quantitative estimate of drug-likeness (QED) is 0.608. The number of amides is 1. The molecule has 0 saturated carbocycles. The highest BCUT2D eigenvalue weighted by molar-refractivity contribution is 5.92. The van der Waals surface area contributed by atoms with Gasteiger partial charge in [0.25, 0.3) is 0 Å². The van der Waals surface area contributed by atoms with Gasteiger partial charge in [0.05, 0.1) is 25.4 Å². The number of carbonyl (C=O) groups excluding carboxylic acids is 1. The first-order chi connectivity index (χ1) is 15.1. The third-order valence-corrected chi connectivity index (χ3v) is 5.58. The van der Waals surface area contributed by atoms with Crippen molar-refractivity contribution >= 4 is 11.6 Å². The number of hydrogen-bond acceptors (Lipinski definition) is 4. The van der Waals surface area contributed by atoms with Gasteiger partial charge in [0.1, 0.15) is 11.6 Å². The van der Waals surface area contributed by atoms with Crippen molar-refractivity contribution in [2.45, 2.75) is 25.3 Å². The van der Waals surface area contributed by atoms with E-state index in [-0.39, 0.29) is 17.8 Å². The van der Waals surface area contributed by atoms with E-state index >= 15 is 0 Å². The smallest absolute Gasteiger partial charge is 0.238 e. The molecule has 1 aliphatic rings. The van der Waals surface area contributed by atoms with Crippen LogP contribution >= 0.6 is 0 Å². The maximum atomic E-state index is 14.0. The van der Waals surface area contributed by atoms with Crippen LogP contribution in [0.1, 0.15) is 35.8 Å². The minimum absolute atomic E-state index is 0.0559. The van der Waals surface area contributed by atoms with Crippen LogP contribution in [0.2, 0.25) is 0 Å². The van der Waals surface area contributed by atoms with E-state index in [2.05, 4.69) is 10.2 Å². The number of rotatable bonds is 7. The average Bonchev–Trinajstić information content (AvgIpc) is 3.24. The zero-order valence-corrected chi connectivity index (χ0v) is 17.6. The molecule has 5 nitrogen and oxygen atoms in total. The molecule has 1 amide bonds. The van der Waals surface area contributed by atoms with E-state index in [0.717, 1.165) is 42.2 Å². The van der Waals surface area contributed by atoms with Crippen LogP contribution < -0.4 is 10.1 Å². The highest BCUT2D eigenvalue weighted by Gasteiger charge is 2.28. The maximum Gasteiger partial charge on any atom is 0.238 e. The van der Waals surface area contributed by atoms with Crippen LogP contribution in [0.5, 0.6) is 5.75 Å². The van der Waals surface area contributed by atoms with Crippen LogP contribution in [0.25, 0.3) is 0 Å². The lowest BCUT2D eigenvalue weighted by Crippen LogP contribution is -2.33. The predicted molar refractivity (Wildman–Crippen MR) is 119 cm³/mol. The van der Waals surface area contributed by atoms with Crippen molar-refractivity contribution in [1.29, 1.82) is 0 Å². The van der Waals surface area contributed by atoms with Gasteiger partial charge >= 0.3 is 0 Å². The average molecular weight is 420 g/mol. The Balaban J connectivity index is 1.42. The molecule has 2 aromatic carbocycles. The van der Waals surface area contributed by atoms with Crippen molar-refractivity contribution in [2.24, 2.45) is 0 Å². The Labute approximate surface area is 181 Å². The molecule has 0 aliphatic carbocycles. The van der Waals surface area contributed by atoms with Crippen LogP contribution in [-0.4, -0.2) is 36.0 Å². The monoisotopic (exact) mass is 419 g/mol. The zero-order valence-electron chi connectivity index (χ0n) is 17.6. The molecule has 2 heterocycles. The minimum atomic E-state index is -0.215. The molecule has 1 N–H and O–H groups in total. The van der Waals surface area contributed by atoms with E-state index in [1.54, 1.807) is 19.2 Å². The summed E-state index contributed by atoms with van der Waals surface area (Å²) in [5, 5.41) is 2.94. The van der Waals surface area contributed by atoms with Gasteiger partial charge in [-0.1, -0.05) is 24.3 Å². The molecule has 1 aliphatic heterocycles. The number of hydrogen-bond donors (Lipinski definition) is 1. The highest BCUT2D eigenvalue weighted by atomic mass is 19.1. The maximum absolute atomic E-state index is 14.0. The number of halogens is 1. The lowest BCUT2D eigenvalue weighted by atomic mass is 10.1. The number of carbonyl (C=O) groups is 1. The van der Waals surface area contributed by atoms with Gasteiger partial charge in [-0.25, -0.2) is 4.39 Å². The summed E-state index contributed by atoms with van der Waals surface area (Å²) in [6, 6.07) is 20.0. The van der Waals surface area contributed by atoms with Gasteiger partial charge in [0, 0.05) is 17.8 Å². The number of likely N-dealkylation sites (tertiary alicyclic amines) is 1. The summed E-state index contributed by atoms with van der Waals surface area (Å²) in [6.07, 6.45) is 2.41. The molecule has 160 valence electrons. The molecule has 6 heteroatoms. The normalized spacial score (nSPS) is 16.3. The van der Waals surface area contributed by atoms with E-state index in [1.165, 1.54) is 6.07 Å². The molecule has 1 saturated heterocycles. The van der Waals surface area contributed by atoms with Crippen LogP contribution in [0.15, 0.2) is 66.7 Å². The fraction of sp³-hybridized carbons (Fsp3) is 0.280. The Bertz CT molecular complexity index is 1040. The van der Waals surface area contributed by atoms with Gasteiger partial charge in [-0.2, -0.15) is 0 Å². The summed E-state index contributed by atoms with van der Waals surface area (Å²) >= 11 is 0. The summed E-state index contributed by atoms with van der Waals surface area (Å²) in [5.41, 5.74) is 3.14. The first kappa shape index (κ1) is 21.0. The van der Waals surface area contributed by atoms with Gasteiger partial charge in [0.15, 0.2) is 0 Å². The van der Waals surface area contributed by atoms with Crippen molar-refractivity contribution in [3.8, 4) is 5.75 Å². The predicted octanol–water partition coefficient (Wildman–Crippen LogP) is 4.60. The van der Waals surface area contributed by atoms with E-state index in [1.807, 2.05) is 48.5 Å². The van der Waals surface area contributed by atoms with E-state index in [9.17, 15) is 9.18 Å². The number of benzene rings is 2. The molecular formula is C25H26FN3O2. The molecule has 0 spiro atoms. The lowest BCUT2D eigenvalue weighted by Gasteiger charge is -2.24. The summed E-state index contributed by atoms with van der Waals surface area (Å²) < 4.78 is 19.2. The van der Waals surface area contributed by atoms with Crippen molar-refractivity contribution in [2.75, 3.05) is 25.5 Å². The second-order valence-corrected chi connectivity index (χ2v) is 7.73. The third kappa shape index (κ3) is 5.27. The summed E-state index contributed by atoms with van der Waals surface area (Å²) in [7, 11) is 1.61. The fourth-order valence-electron chi connectivity index (χ4n) is 4.03. The Morgan fingerprint density at radius 2 is 1.94 bits per heavy atom. The molecule has 1 aromatic heterocycles. The minimum Gasteiger partial charge on any atom is -0.497 e. The van der Waals surface area contributed by atoms with E-state index in [0.29, 0.717) is 18.5 Å². The van der Waals surface area contributed by atoms with E-state index < -0.39 is 0 Å². The summed E-state index contributed by atoms with van der Waals surface area (Å²) in [6.45, 7) is 1.15. The first-order valence-corrected chi connectivity index (χ1v) is 10.5. The second kappa shape index (κ2) is 9.71. The topological polar surface area (TPSA) is 54.5 Å². The molecule has 4 rings (SSSR count). The molecule has 0 radical (unpaired) electrons. The second-order valence-electron chi connectivity index (χ2n) is 7.73. The summed E-state index contributed by atoms with van der Waals surface area (Å²) in [5.74, 6) is 0.478. The van der Waals surface area contributed by atoms with Crippen LogP contribution in [0.3, 0.4) is 0 Å². The molecule has 0 bridgehead atoms. The number of nitrogens with zero attached hydrogens (tertiary/aromatic N) is 2. The van der Waals surface area contributed by atoms with Crippen molar-refractivity contribution < 1.29 is 13.9 Å². The Morgan fingerprint density at radius 1 is 1.13 bits per heavy atom. The van der Waals surface area contributed by atoms with Gasteiger partial charge in [0.2, 0.25) is 5.91 Å². The molecule has 3 aromatic rings. The first-order valence-electron chi connectivity index (χ1n) is 10.5. The van der Waals surface area contributed by atoms with Gasteiger partial charge in [-0.05, 0) is 67.4 Å². The van der Waals surface area contributed by atoms with Gasteiger partial charge in [-0.15, -0.1) is 0 Å². The fourth-order valence-corrected chi connectivity index (χ4v) is 4.03. The molecule has 1 atom stereocenters. The van der Waals surface area contributed by atoms with Crippen LogP contribution in [0, 0.1) is 5.82 Å². The zero-order chi connectivity index (χ0) is 21.6. The number of ether oxygens (including phenoxy) is 1. The van der Waals surface area contributed by atoms with Crippen molar-refractivity contribution in [3.05, 3.63) is 89.5 Å². The number of methoxy groups -OCH3 is 1. The molecule has 1 fully saturated rings. The Kier molecular flexibility index (Phi) is 6.57. The van der Waals surface area contributed by atoms with Gasteiger partial charge < -0.3 is 10.1 Å². The molecular weight excluding hydrogens is 393 g/mol. The van der Waals surface area contributed by atoms with Crippen LogP contribution in [-0.2, 0) is 11.2 Å².